The fourth-order valence-electron chi connectivity index (χ4n) is 3.44. The number of nitrogens with zero attached hydrogens (tertiary/aromatic N) is 1. The summed E-state index contributed by atoms with van der Waals surface area (Å²) in [4.78, 5) is 12.5. The van der Waals surface area contributed by atoms with E-state index in [-0.39, 0.29) is 16.2 Å². The minimum Gasteiger partial charge on any atom is -0.326 e. The average molecular weight is 415 g/mol. The number of nitrogens with one attached hydrogen (secondary N) is 1. The van der Waals surface area contributed by atoms with Crippen molar-refractivity contribution in [1.82, 2.24) is 4.31 Å². The Labute approximate surface area is 174 Å². The summed E-state index contributed by atoms with van der Waals surface area (Å²) in [7, 11) is -3.42. The van der Waals surface area contributed by atoms with E-state index < -0.39 is 10.0 Å². The van der Waals surface area contributed by atoms with Gasteiger partial charge in [0.15, 0.2) is 0 Å². The molecule has 0 saturated carbocycles. The molecule has 1 heterocycles. The summed E-state index contributed by atoms with van der Waals surface area (Å²) in [6, 6.07) is 14.8. The lowest BCUT2D eigenvalue weighted by molar-refractivity contribution is -0.116. The minimum atomic E-state index is -3.42. The number of aryl methyl sites for hydroxylation is 1. The number of carbonyl (C=O) groups is 1. The molecule has 1 fully saturated rings. The van der Waals surface area contributed by atoms with Crippen LogP contribution < -0.4 is 5.32 Å². The second-order valence-corrected chi connectivity index (χ2v) is 10.6. The molecule has 156 valence electrons. The first-order valence-electron chi connectivity index (χ1n) is 10.2. The van der Waals surface area contributed by atoms with Crippen LogP contribution in [0.3, 0.4) is 0 Å². The van der Waals surface area contributed by atoms with E-state index in [4.69, 9.17) is 0 Å². The summed E-state index contributed by atoms with van der Waals surface area (Å²) in [5.41, 5.74) is 3.12. The van der Waals surface area contributed by atoms with Gasteiger partial charge in [0.05, 0.1) is 4.90 Å². The van der Waals surface area contributed by atoms with Crippen LogP contribution in [-0.2, 0) is 26.7 Å². The summed E-state index contributed by atoms with van der Waals surface area (Å²) in [6.07, 6.45) is 2.86. The Morgan fingerprint density at radius 1 is 0.966 bits per heavy atom. The molecular formula is C23H30N2O3S. The first-order valence-corrected chi connectivity index (χ1v) is 11.6. The molecule has 1 amide bonds. The molecule has 1 aliphatic heterocycles. The number of hydrogen-bond acceptors (Lipinski definition) is 3. The van der Waals surface area contributed by atoms with Crippen LogP contribution in [0.5, 0.6) is 0 Å². The Balaban J connectivity index is 1.54. The zero-order chi connectivity index (χ0) is 21.1. The highest BCUT2D eigenvalue weighted by molar-refractivity contribution is 7.89. The topological polar surface area (TPSA) is 66.5 Å². The Morgan fingerprint density at radius 3 is 2.10 bits per heavy atom. The third kappa shape index (κ3) is 5.46. The molecule has 0 aliphatic carbocycles. The van der Waals surface area contributed by atoms with Gasteiger partial charge in [-0.2, -0.15) is 4.31 Å². The van der Waals surface area contributed by atoms with Crippen LogP contribution in [0.4, 0.5) is 5.69 Å². The van der Waals surface area contributed by atoms with Gasteiger partial charge in [0.1, 0.15) is 0 Å². The van der Waals surface area contributed by atoms with E-state index in [2.05, 4.69) is 50.4 Å². The lowest BCUT2D eigenvalue weighted by Gasteiger charge is -2.19. The first kappa shape index (κ1) is 21.5. The van der Waals surface area contributed by atoms with Gasteiger partial charge in [-0.3, -0.25) is 4.79 Å². The summed E-state index contributed by atoms with van der Waals surface area (Å²) in [6.45, 7) is 7.69. The van der Waals surface area contributed by atoms with Crippen LogP contribution in [-0.4, -0.2) is 31.7 Å². The monoisotopic (exact) mass is 414 g/mol. The molecule has 0 unspecified atom stereocenters. The fraction of sp³-hybridized carbons (Fsp3) is 0.435. The standard InChI is InChI=1S/C23H30N2O3S/c1-23(2,3)19-9-6-18(7-10-19)8-15-22(26)24-20-11-13-21(14-12-20)29(27,28)25-16-4-5-17-25/h6-7,9-14H,4-5,8,15-17H2,1-3H3,(H,24,26). The number of hydrogen-bond donors (Lipinski definition) is 1. The molecule has 1 aliphatic rings. The second kappa shape index (κ2) is 8.67. The maximum Gasteiger partial charge on any atom is 0.243 e. The number of anilines is 1. The van der Waals surface area contributed by atoms with Crippen molar-refractivity contribution in [1.29, 1.82) is 0 Å². The molecule has 0 radical (unpaired) electrons. The van der Waals surface area contributed by atoms with Crippen LogP contribution in [0.25, 0.3) is 0 Å². The summed E-state index contributed by atoms with van der Waals surface area (Å²) in [5.74, 6) is -0.0833. The van der Waals surface area contributed by atoms with Crippen molar-refractivity contribution in [2.24, 2.45) is 0 Å². The Morgan fingerprint density at radius 2 is 1.55 bits per heavy atom. The molecule has 2 aromatic carbocycles. The molecule has 0 aromatic heterocycles. The van der Waals surface area contributed by atoms with Crippen LogP contribution >= 0.6 is 0 Å². The number of sulfonamides is 1. The Bertz CT molecular complexity index is 937. The zero-order valence-electron chi connectivity index (χ0n) is 17.4. The van der Waals surface area contributed by atoms with E-state index in [9.17, 15) is 13.2 Å². The van der Waals surface area contributed by atoms with Crippen molar-refractivity contribution in [3.8, 4) is 0 Å². The lowest BCUT2D eigenvalue weighted by Crippen LogP contribution is -2.27. The van der Waals surface area contributed by atoms with Crippen molar-refractivity contribution in [2.45, 2.75) is 56.8 Å². The fourth-order valence-corrected chi connectivity index (χ4v) is 4.96. The highest BCUT2D eigenvalue weighted by Crippen LogP contribution is 2.23. The predicted octanol–water partition coefficient (Wildman–Crippen LogP) is 4.34. The van der Waals surface area contributed by atoms with Crippen LogP contribution in [0.2, 0.25) is 0 Å². The van der Waals surface area contributed by atoms with Crippen molar-refractivity contribution < 1.29 is 13.2 Å². The van der Waals surface area contributed by atoms with Gasteiger partial charge in [0, 0.05) is 25.2 Å². The average Bonchev–Trinajstić information content (AvgIpc) is 3.22. The lowest BCUT2D eigenvalue weighted by atomic mass is 9.86. The molecule has 1 N–H and O–H groups in total. The molecule has 2 aromatic rings. The normalized spacial score (nSPS) is 15.4. The number of amides is 1. The molecular weight excluding hydrogens is 384 g/mol. The zero-order valence-corrected chi connectivity index (χ0v) is 18.3. The van der Waals surface area contributed by atoms with E-state index in [0.717, 1.165) is 18.4 Å². The Hall–Kier alpha value is -2.18. The van der Waals surface area contributed by atoms with E-state index in [1.807, 2.05) is 0 Å². The predicted molar refractivity (Wildman–Crippen MR) is 117 cm³/mol. The number of benzene rings is 2. The van der Waals surface area contributed by atoms with Crippen molar-refractivity contribution in [3.63, 3.8) is 0 Å². The van der Waals surface area contributed by atoms with Crippen molar-refractivity contribution in [3.05, 3.63) is 59.7 Å². The van der Waals surface area contributed by atoms with Crippen molar-refractivity contribution >= 4 is 21.6 Å². The summed E-state index contributed by atoms with van der Waals surface area (Å²) < 4.78 is 26.6. The summed E-state index contributed by atoms with van der Waals surface area (Å²) in [5, 5.41) is 2.85. The van der Waals surface area contributed by atoms with Gasteiger partial charge >= 0.3 is 0 Å². The van der Waals surface area contributed by atoms with Gasteiger partial charge in [-0.05, 0) is 60.1 Å². The van der Waals surface area contributed by atoms with Crippen LogP contribution in [0, 0.1) is 0 Å². The van der Waals surface area contributed by atoms with Crippen LogP contribution in [0.15, 0.2) is 53.4 Å². The molecule has 0 spiro atoms. The first-order chi connectivity index (χ1) is 13.7. The van der Waals surface area contributed by atoms with Gasteiger partial charge in [-0.25, -0.2) is 8.42 Å². The van der Waals surface area contributed by atoms with E-state index in [0.29, 0.717) is 31.6 Å². The highest BCUT2D eigenvalue weighted by atomic mass is 32.2. The molecule has 6 heteroatoms. The second-order valence-electron chi connectivity index (χ2n) is 8.63. The molecule has 3 rings (SSSR count). The van der Waals surface area contributed by atoms with Gasteiger partial charge in [-0.15, -0.1) is 0 Å². The quantitative estimate of drug-likeness (QED) is 0.765. The summed E-state index contributed by atoms with van der Waals surface area (Å²) >= 11 is 0. The van der Waals surface area contributed by atoms with Gasteiger partial charge in [0.25, 0.3) is 0 Å². The van der Waals surface area contributed by atoms with Crippen molar-refractivity contribution in [2.75, 3.05) is 18.4 Å². The Kier molecular flexibility index (Phi) is 6.44. The van der Waals surface area contributed by atoms with Gasteiger partial charge < -0.3 is 5.32 Å². The minimum absolute atomic E-state index is 0.0833. The van der Waals surface area contributed by atoms with Gasteiger partial charge in [0.2, 0.25) is 15.9 Å². The van der Waals surface area contributed by atoms with E-state index in [1.54, 1.807) is 24.3 Å². The molecule has 0 atom stereocenters. The van der Waals surface area contributed by atoms with E-state index in [1.165, 1.54) is 9.87 Å². The maximum atomic E-state index is 12.6. The molecule has 29 heavy (non-hydrogen) atoms. The molecule has 5 nitrogen and oxygen atoms in total. The smallest absolute Gasteiger partial charge is 0.243 e. The number of carbonyl (C=O) groups excluding carboxylic acids is 1. The third-order valence-corrected chi connectivity index (χ3v) is 7.21. The number of rotatable bonds is 6. The van der Waals surface area contributed by atoms with E-state index >= 15 is 0 Å². The molecule has 1 saturated heterocycles. The van der Waals surface area contributed by atoms with Crippen LogP contribution in [0.1, 0.15) is 51.2 Å². The highest BCUT2D eigenvalue weighted by Gasteiger charge is 2.26. The SMILES string of the molecule is CC(C)(C)c1ccc(CCC(=O)Nc2ccc(S(=O)(=O)N3CCCC3)cc2)cc1. The maximum absolute atomic E-state index is 12.6. The van der Waals surface area contributed by atoms with Gasteiger partial charge in [-0.1, -0.05) is 45.0 Å². The third-order valence-electron chi connectivity index (χ3n) is 5.30. The largest absolute Gasteiger partial charge is 0.326 e. The molecule has 0 bridgehead atoms.